The van der Waals surface area contributed by atoms with Crippen molar-refractivity contribution in [2.24, 2.45) is 0 Å². The Bertz CT molecular complexity index is 213. The Labute approximate surface area is 126 Å². The Morgan fingerprint density at radius 3 is 1.90 bits per heavy atom. The molecule has 0 N–H and O–H groups in total. The van der Waals surface area contributed by atoms with Gasteiger partial charge in [-0.25, -0.2) is 0 Å². The molecule has 1 atom stereocenters. The lowest BCUT2D eigenvalue weighted by atomic mass is 10.1. The van der Waals surface area contributed by atoms with Crippen LogP contribution in [0.2, 0.25) is 0 Å². The highest BCUT2D eigenvalue weighted by Gasteiger charge is 2.08. The van der Waals surface area contributed by atoms with E-state index in [0.29, 0.717) is 6.42 Å². The summed E-state index contributed by atoms with van der Waals surface area (Å²) in [6, 6.07) is 0. The predicted molar refractivity (Wildman–Crippen MR) is 86.9 cm³/mol. The lowest BCUT2D eigenvalue weighted by Gasteiger charge is -2.13. The first-order chi connectivity index (χ1) is 9.70. The zero-order valence-electron chi connectivity index (χ0n) is 14.1. The molecule has 0 fully saturated rings. The maximum Gasteiger partial charge on any atom is 0.306 e. The number of carbonyl (C=O) groups is 1. The van der Waals surface area contributed by atoms with E-state index < -0.39 is 0 Å². The molecular weight excluding hydrogens is 248 g/mol. The van der Waals surface area contributed by atoms with Crippen LogP contribution in [0.5, 0.6) is 0 Å². The summed E-state index contributed by atoms with van der Waals surface area (Å²) in [4.78, 5) is 11.7. The minimum absolute atomic E-state index is 0.00143. The van der Waals surface area contributed by atoms with Crippen LogP contribution in [0, 0.1) is 0 Å². The molecule has 0 spiro atoms. The van der Waals surface area contributed by atoms with Gasteiger partial charge in [-0.1, -0.05) is 71.6 Å². The van der Waals surface area contributed by atoms with Gasteiger partial charge in [0.2, 0.25) is 0 Å². The summed E-state index contributed by atoms with van der Waals surface area (Å²) in [5.41, 5.74) is 0. The summed E-state index contributed by atoms with van der Waals surface area (Å²) in [5.74, 6) is 0.00143. The van der Waals surface area contributed by atoms with Crippen molar-refractivity contribution in [1.29, 1.82) is 0 Å². The fourth-order valence-corrected chi connectivity index (χ4v) is 2.43. The van der Waals surface area contributed by atoms with Crippen molar-refractivity contribution in [3.63, 3.8) is 0 Å². The molecule has 2 heteroatoms. The molecular formula is C18H36O2. The number of carbonyl (C=O) groups excluding carboxylic acids is 1. The Balaban J connectivity index is 3.36. The van der Waals surface area contributed by atoms with Crippen molar-refractivity contribution in [1.82, 2.24) is 0 Å². The number of esters is 1. The summed E-state index contributed by atoms with van der Waals surface area (Å²) in [6.07, 6.45) is 15.4. The van der Waals surface area contributed by atoms with Gasteiger partial charge in [0, 0.05) is 6.42 Å². The third kappa shape index (κ3) is 13.9. The Morgan fingerprint density at radius 1 is 0.800 bits per heavy atom. The van der Waals surface area contributed by atoms with E-state index >= 15 is 0 Å². The Kier molecular flexibility index (Phi) is 14.5. The highest BCUT2D eigenvalue weighted by atomic mass is 16.5. The standard InChI is InChI=1S/C18H36O2/c1-4-6-8-10-12-14-16-18(19)20-17(3)15-13-11-9-7-5-2/h17H,4-16H2,1-3H3. The van der Waals surface area contributed by atoms with Gasteiger partial charge < -0.3 is 4.74 Å². The molecule has 20 heavy (non-hydrogen) atoms. The monoisotopic (exact) mass is 284 g/mol. The van der Waals surface area contributed by atoms with Crippen molar-refractivity contribution in [3.05, 3.63) is 0 Å². The maximum atomic E-state index is 11.7. The van der Waals surface area contributed by atoms with Crippen LogP contribution < -0.4 is 0 Å². The fourth-order valence-electron chi connectivity index (χ4n) is 2.43. The van der Waals surface area contributed by atoms with Crippen LogP contribution in [0.3, 0.4) is 0 Å². The minimum Gasteiger partial charge on any atom is -0.463 e. The molecule has 120 valence electrons. The number of unbranched alkanes of at least 4 members (excludes halogenated alkanes) is 9. The third-order valence-corrected chi connectivity index (χ3v) is 3.78. The van der Waals surface area contributed by atoms with E-state index in [1.165, 1.54) is 64.2 Å². The van der Waals surface area contributed by atoms with Crippen LogP contribution >= 0.6 is 0 Å². The molecule has 0 aliphatic rings. The lowest BCUT2D eigenvalue weighted by molar-refractivity contribution is -0.148. The quantitative estimate of drug-likeness (QED) is 0.287. The molecule has 0 aromatic rings. The zero-order valence-corrected chi connectivity index (χ0v) is 14.1. The second-order valence-electron chi connectivity index (χ2n) is 6.02. The predicted octanol–water partition coefficient (Wildman–Crippen LogP) is 6.03. The number of ether oxygens (including phenoxy) is 1. The van der Waals surface area contributed by atoms with Crippen LogP contribution in [0.15, 0.2) is 0 Å². The Hall–Kier alpha value is -0.530. The lowest BCUT2D eigenvalue weighted by Crippen LogP contribution is -2.14. The summed E-state index contributed by atoms with van der Waals surface area (Å²) in [5, 5.41) is 0. The Morgan fingerprint density at radius 2 is 1.30 bits per heavy atom. The molecule has 0 aromatic carbocycles. The van der Waals surface area contributed by atoms with Gasteiger partial charge in [0.1, 0.15) is 0 Å². The first-order valence-electron chi connectivity index (χ1n) is 8.90. The van der Waals surface area contributed by atoms with Crippen molar-refractivity contribution in [3.8, 4) is 0 Å². The van der Waals surface area contributed by atoms with Crippen LogP contribution in [0.4, 0.5) is 0 Å². The fraction of sp³-hybridized carbons (Fsp3) is 0.944. The molecule has 0 heterocycles. The van der Waals surface area contributed by atoms with Gasteiger partial charge in [0.15, 0.2) is 0 Å². The molecule has 0 rings (SSSR count). The van der Waals surface area contributed by atoms with Crippen molar-refractivity contribution < 1.29 is 9.53 Å². The molecule has 0 radical (unpaired) electrons. The molecule has 0 saturated heterocycles. The average Bonchev–Trinajstić information content (AvgIpc) is 2.42. The van der Waals surface area contributed by atoms with Crippen molar-refractivity contribution in [2.75, 3.05) is 0 Å². The molecule has 0 bridgehead atoms. The summed E-state index contributed by atoms with van der Waals surface area (Å²) < 4.78 is 5.45. The molecule has 0 aliphatic carbocycles. The second kappa shape index (κ2) is 14.9. The summed E-state index contributed by atoms with van der Waals surface area (Å²) in [7, 11) is 0. The van der Waals surface area contributed by atoms with Crippen LogP contribution in [0.25, 0.3) is 0 Å². The van der Waals surface area contributed by atoms with E-state index in [4.69, 9.17) is 4.74 Å². The van der Waals surface area contributed by atoms with E-state index in [1.807, 2.05) is 6.92 Å². The molecule has 0 aliphatic heterocycles. The largest absolute Gasteiger partial charge is 0.463 e. The topological polar surface area (TPSA) is 26.3 Å². The molecule has 2 nitrogen and oxygen atoms in total. The van der Waals surface area contributed by atoms with Crippen LogP contribution in [-0.4, -0.2) is 12.1 Å². The van der Waals surface area contributed by atoms with Crippen LogP contribution in [0.1, 0.15) is 104 Å². The van der Waals surface area contributed by atoms with E-state index in [0.717, 1.165) is 12.8 Å². The highest BCUT2D eigenvalue weighted by Crippen LogP contribution is 2.11. The molecule has 0 amide bonds. The first-order valence-corrected chi connectivity index (χ1v) is 8.90. The SMILES string of the molecule is CCCCCCCCC(=O)OC(C)CCCCCCC. The summed E-state index contributed by atoms with van der Waals surface area (Å²) in [6.45, 7) is 6.48. The van der Waals surface area contributed by atoms with Gasteiger partial charge in [-0.3, -0.25) is 4.79 Å². The van der Waals surface area contributed by atoms with Gasteiger partial charge in [0.25, 0.3) is 0 Å². The van der Waals surface area contributed by atoms with E-state index in [9.17, 15) is 4.79 Å². The number of hydrogen-bond donors (Lipinski definition) is 0. The van der Waals surface area contributed by atoms with Crippen molar-refractivity contribution in [2.45, 2.75) is 110 Å². The van der Waals surface area contributed by atoms with Crippen molar-refractivity contribution >= 4 is 5.97 Å². The van der Waals surface area contributed by atoms with E-state index in [-0.39, 0.29) is 12.1 Å². The molecule has 0 aromatic heterocycles. The number of rotatable bonds is 14. The number of hydrogen-bond acceptors (Lipinski definition) is 2. The molecule has 0 saturated carbocycles. The van der Waals surface area contributed by atoms with E-state index in [1.54, 1.807) is 0 Å². The zero-order chi connectivity index (χ0) is 15.1. The van der Waals surface area contributed by atoms with Gasteiger partial charge in [-0.05, 0) is 26.2 Å². The van der Waals surface area contributed by atoms with Gasteiger partial charge in [-0.15, -0.1) is 0 Å². The average molecular weight is 284 g/mol. The third-order valence-electron chi connectivity index (χ3n) is 3.78. The molecule has 1 unspecified atom stereocenters. The minimum atomic E-state index is 0.00143. The van der Waals surface area contributed by atoms with E-state index in [2.05, 4.69) is 13.8 Å². The second-order valence-corrected chi connectivity index (χ2v) is 6.02. The highest BCUT2D eigenvalue weighted by molar-refractivity contribution is 5.69. The van der Waals surface area contributed by atoms with Crippen LogP contribution in [-0.2, 0) is 9.53 Å². The van der Waals surface area contributed by atoms with Gasteiger partial charge in [0.05, 0.1) is 6.10 Å². The smallest absolute Gasteiger partial charge is 0.306 e. The van der Waals surface area contributed by atoms with Gasteiger partial charge in [-0.2, -0.15) is 0 Å². The van der Waals surface area contributed by atoms with Gasteiger partial charge >= 0.3 is 5.97 Å². The first kappa shape index (κ1) is 19.5. The normalized spacial score (nSPS) is 12.3. The summed E-state index contributed by atoms with van der Waals surface area (Å²) >= 11 is 0. The maximum absolute atomic E-state index is 11.7.